The Morgan fingerprint density at radius 1 is 0.229 bits per heavy atom. The van der Waals surface area contributed by atoms with Gasteiger partial charge in [-0.05, 0) is 142 Å². The van der Waals surface area contributed by atoms with Crippen LogP contribution in [0.5, 0.6) is 0 Å². The molecule has 1 heterocycles. The SMILES string of the molecule is c1ccc(-c2ccc(N(c3ccccc3)c3ccc(C4(c5ccc(N(c6ccccc6)c6ccc(-c7ccccc7)cc6)cc5)c5ccccc5N(c5ccccc5)c5ccccc54)cc3)cc2)cc1. The molecule has 0 amide bonds. The summed E-state index contributed by atoms with van der Waals surface area (Å²) in [4.78, 5) is 7.13. The van der Waals surface area contributed by atoms with Crippen LogP contribution in [0.3, 0.4) is 0 Å². The third-order valence-corrected chi connectivity index (χ3v) is 13.7. The van der Waals surface area contributed by atoms with E-state index in [1.165, 1.54) is 44.5 Å². The van der Waals surface area contributed by atoms with Crippen molar-refractivity contribution in [3.63, 3.8) is 0 Å². The highest BCUT2D eigenvalue weighted by Gasteiger charge is 2.46. The average molecular weight is 896 g/mol. The topological polar surface area (TPSA) is 9.72 Å². The molecule has 0 N–H and O–H groups in total. The molecule has 0 radical (unpaired) electrons. The molecule has 70 heavy (non-hydrogen) atoms. The van der Waals surface area contributed by atoms with Crippen molar-refractivity contribution >= 4 is 51.2 Å². The van der Waals surface area contributed by atoms with Crippen LogP contribution in [0.2, 0.25) is 0 Å². The van der Waals surface area contributed by atoms with E-state index in [2.05, 4.69) is 312 Å². The molecule has 332 valence electrons. The molecule has 0 fully saturated rings. The first kappa shape index (κ1) is 42.2. The molecule has 0 bridgehead atoms. The number of anilines is 9. The molecule has 0 aliphatic carbocycles. The van der Waals surface area contributed by atoms with E-state index in [1.54, 1.807) is 0 Å². The Morgan fingerprint density at radius 3 is 0.871 bits per heavy atom. The minimum atomic E-state index is -0.695. The molecule has 3 nitrogen and oxygen atoms in total. The van der Waals surface area contributed by atoms with Crippen LogP contribution >= 0.6 is 0 Å². The summed E-state index contributed by atoms with van der Waals surface area (Å²) in [5.74, 6) is 0. The first-order valence-corrected chi connectivity index (χ1v) is 24.0. The maximum atomic E-state index is 2.43. The maximum absolute atomic E-state index is 2.43. The van der Waals surface area contributed by atoms with Gasteiger partial charge in [0.25, 0.3) is 0 Å². The first-order chi connectivity index (χ1) is 34.7. The summed E-state index contributed by atoms with van der Waals surface area (Å²) in [6.07, 6.45) is 0. The van der Waals surface area contributed by atoms with Crippen molar-refractivity contribution in [2.75, 3.05) is 14.7 Å². The Kier molecular flexibility index (Phi) is 11.1. The van der Waals surface area contributed by atoms with Gasteiger partial charge in [0.2, 0.25) is 0 Å². The maximum Gasteiger partial charge on any atom is 0.0742 e. The Bertz CT molecular complexity index is 3270. The second kappa shape index (κ2) is 18.5. The van der Waals surface area contributed by atoms with Crippen molar-refractivity contribution in [1.29, 1.82) is 0 Å². The van der Waals surface area contributed by atoms with Gasteiger partial charge in [-0.2, -0.15) is 0 Å². The van der Waals surface area contributed by atoms with E-state index in [0.717, 1.165) is 51.2 Å². The smallest absolute Gasteiger partial charge is 0.0742 e. The lowest BCUT2D eigenvalue weighted by atomic mass is 9.62. The fourth-order valence-corrected chi connectivity index (χ4v) is 10.5. The summed E-state index contributed by atoms with van der Waals surface area (Å²) >= 11 is 0. The lowest BCUT2D eigenvalue weighted by Gasteiger charge is -2.46. The van der Waals surface area contributed by atoms with E-state index in [1.807, 2.05) is 0 Å². The number of fused-ring (bicyclic) bond motifs is 2. The van der Waals surface area contributed by atoms with Crippen molar-refractivity contribution in [2.45, 2.75) is 5.41 Å². The standard InChI is InChI=1S/C67H49N3/c1-6-20-50(21-7-1)52-34-42-59(43-35-52)68(56-24-10-3-11-25-56)61-46-38-54(39-47-61)67(63-30-16-18-32-65(63)70(58-28-14-5-15-29-58)66-33-19-17-31-64(66)67)55-40-48-62(49-41-55)69(57-26-12-4-13-27-57)60-44-36-53(37-45-60)51-22-8-2-9-23-51/h1-49H. The molecule has 0 saturated carbocycles. The second-order valence-corrected chi connectivity index (χ2v) is 17.7. The van der Waals surface area contributed by atoms with Gasteiger partial charge in [0, 0.05) is 39.8 Å². The van der Waals surface area contributed by atoms with Crippen LogP contribution in [-0.4, -0.2) is 0 Å². The van der Waals surface area contributed by atoms with E-state index in [9.17, 15) is 0 Å². The molecule has 3 heteroatoms. The van der Waals surface area contributed by atoms with Crippen molar-refractivity contribution < 1.29 is 0 Å². The van der Waals surface area contributed by atoms with Gasteiger partial charge in [-0.15, -0.1) is 0 Å². The summed E-state index contributed by atoms with van der Waals surface area (Å²) < 4.78 is 0. The number of rotatable bonds is 11. The number of benzene rings is 11. The van der Waals surface area contributed by atoms with E-state index in [-0.39, 0.29) is 0 Å². The molecular weight excluding hydrogens is 847 g/mol. The normalized spacial score (nSPS) is 12.4. The molecule has 1 aliphatic heterocycles. The quantitative estimate of drug-likeness (QED) is 0.128. The summed E-state index contributed by atoms with van der Waals surface area (Å²) in [5.41, 5.74) is 18.8. The van der Waals surface area contributed by atoms with Crippen molar-refractivity contribution in [3.8, 4) is 22.3 Å². The molecular formula is C67H49N3. The summed E-state index contributed by atoms with van der Waals surface area (Å²) in [5, 5.41) is 0. The van der Waals surface area contributed by atoms with Crippen LogP contribution in [0, 0.1) is 0 Å². The zero-order chi connectivity index (χ0) is 46.7. The lowest BCUT2D eigenvalue weighted by Crippen LogP contribution is -2.37. The molecule has 0 unspecified atom stereocenters. The van der Waals surface area contributed by atoms with Gasteiger partial charge in [0.1, 0.15) is 0 Å². The Labute approximate surface area is 411 Å². The molecule has 11 aromatic carbocycles. The zero-order valence-corrected chi connectivity index (χ0v) is 38.6. The van der Waals surface area contributed by atoms with Crippen LogP contribution in [-0.2, 0) is 5.41 Å². The van der Waals surface area contributed by atoms with Crippen LogP contribution in [0.25, 0.3) is 22.3 Å². The van der Waals surface area contributed by atoms with Crippen molar-refractivity contribution in [2.24, 2.45) is 0 Å². The largest absolute Gasteiger partial charge is 0.311 e. The predicted octanol–water partition coefficient (Wildman–Crippen LogP) is 18.1. The highest BCUT2D eigenvalue weighted by Crippen LogP contribution is 2.58. The minimum absolute atomic E-state index is 0.695. The van der Waals surface area contributed by atoms with Crippen molar-refractivity contribution in [1.82, 2.24) is 0 Å². The van der Waals surface area contributed by atoms with Crippen LogP contribution in [0.15, 0.2) is 297 Å². The Balaban J connectivity index is 1.02. The Morgan fingerprint density at radius 2 is 0.500 bits per heavy atom. The van der Waals surface area contributed by atoms with Gasteiger partial charge in [0.15, 0.2) is 0 Å². The average Bonchev–Trinajstić information content (AvgIpc) is 3.45. The highest BCUT2D eigenvalue weighted by molar-refractivity contribution is 5.90. The lowest BCUT2D eigenvalue weighted by molar-refractivity contribution is 0.731. The first-order valence-electron chi connectivity index (χ1n) is 24.0. The molecule has 1 aliphatic rings. The molecule has 12 rings (SSSR count). The third-order valence-electron chi connectivity index (χ3n) is 13.7. The van der Waals surface area contributed by atoms with E-state index < -0.39 is 5.41 Å². The van der Waals surface area contributed by atoms with Gasteiger partial charge < -0.3 is 14.7 Å². The number of para-hydroxylation sites is 5. The van der Waals surface area contributed by atoms with Crippen LogP contribution in [0.1, 0.15) is 22.3 Å². The van der Waals surface area contributed by atoms with E-state index >= 15 is 0 Å². The Hall–Kier alpha value is -9.18. The summed E-state index contributed by atoms with van der Waals surface area (Å²) in [6, 6.07) is 108. The third kappa shape index (κ3) is 7.60. The summed E-state index contributed by atoms with van der Waals surface area (Å²) in [7, 11) is 0. The molecule has 0 saturated heterocycles. The molecule has 11 aromatic rings. The van der Waals surface area contributed by atoms with Gasteiger partial charge in [-0.3, -0.25) is 0 Å². The highest BCUT2D eigenvalue weighted by atomic mass is 15.2. The number of hydrogen-bond donors (Lipinski definition) is 0. The van der Waals surface area contributed by atoms with Gasteiger partial charge in [-0.1, -0.05) is 200 Å². The molecule has 0 atom stereocenters. The van der Waals surface area contributed by atoms with Gasteiger partial charge in [-0.25, -0.2) is 0 Å². The van der Waals surface area contributed by atoms with E-state index in [4.69, 9.17) is 0 Å². The van der Waals surface area contributed by atoms with Crippen LogP contribution in [0.4, 0.5) is 51.2 Å². The fourth-order valence-electron chi connectivity index (χ4n) is 10.5. The van der Waals surface area contributed by atoms with Crippen molar-refractivity contribution in [3.05, 3.63) is 320 Å². The number of hydrogen-bond acceptors (Lipinski definition) is 3. The van der Waals surface area contributed by atoms with Gasteiger partial charge >= 0.3 is 0 Å². The zero-order valence-electron chi connectivity index (χ0n) is 38.6. The summed E-state index contributed by atoms with van der Waals surface area (Å²) in [6.45, 7) is 0. The predicted molar refractivity (Wildman–Crippen MR) is 293 cm³/mol. The number of nitrogens with zero attached hydrogens (tertiary/aromatic N) is 3. The monoisotopic (exact) mass is 895 g/mol. The van der Waals surface area contributed by atoms with Crippen LogP contribution < -0.4 is 14.7 Å². The minimum Gasteiger partial charge on any atom is -0.311 e. The molecule has 0 aromatic heterocycles. The second-order valence-electron chi connectivity index (χ2n) is 17.7. The molecule has 0 spiro atoms. The van der Waals surface area contributed by atoms with Gasteiger partial charge in [0.05, 0.1) is 16.8 Å². The fraction of sp³-hybridized carbons (Fsp3) is 0.0149. The van der Waals surface area contributed by atoms with E-state index in [0.29, 0.717) is 0 Å².